The van der Waals surface area contributed by atoms with Crippen LogP contribution >= 0.6 is 0 Å². The van der Waals surface area contributed by atoms with E-state index in [4.69, 9.17) is 0 Å². The normalized spacial score (nSPS) is 25.2. The number of carbonyl (C=O) groups excluding carboxylic acids is 1. The fourth-order valence-electron chi connectivity index (χ4n) is 5.34. The van der Waals surface area contributed by atoms with Crippen molar-refractivity contribution in [2.75, 3.05) is 11.9 Å². The minimum Gasteiger partial charge on any atom is -0.308 e. The van der Waals surface area contributed by atoms with E-state index < -0.39 is 6.43 Å². The van der Waals surface area contributed by atoms with Crippen molar-refractivity contribution in [3.8, 4) is 11.3 Å². The molecule has 2 N–H and O–H groups in total. The lowest BCUT2D eigenvalue weighted by Gasteiger charge is -2.39. The second kappa shape index (κ2) is 7.55. The minimum absolute atomic E-state index is 0.0277. The third-order valence-corrected chi connectivity index (χ3v) is 6.86. The van der Waals surface area contributed by atoms with E-state index in [9.17, 15) is 13.6 Å². The maximum absolute atomic E-state index is 13.2. The number of fused-ring (bicyclic) bond motifs is 2. The molecule has 1 aromatic carbocycles. The molecule has 6 rings (SSSR count). The summed E-state index contributed by atoms with van der Waals surface area (Å²) in [5, 5.41) is 7.79. The first-order chi connectivity index (χ1) is 16.0. The predicted octanol–water partition coefficient (Wildman–Crippen LogP) is 4.20. The van der Waals surface area contributed by atoms with E-state index in [-0.39, 0.29) is 24.2 Å². The first-order valence-electron chi connectivity index (χ1n) is 11.0. The molecule has 2 fully saturated rings. The van der Waals surface area contributed by atoms with Crippen LogP contribution in [0.2, 0.25) is 0 Å². The van der Waals surface area contributed by atoms with Gasteiger partial charge in [0.25, 0.3) is 6.43 Å². The van der Waals surface area contributed by atoms with Gasteiger partial charge in [-0.1, -0.05) is 18.2 Å². The molecule has 2 aliphatic heterocycles. The van der Waals surface area contributed by atoms with Gasteiger partial charge in [-0.25, -0.2) is 18.6 Å². The Kier molecular flexibility index (Phi) is 4.62. The van der Waals surface area contributed by atoms with Gasteiger partial charge in [-0.15, -0.1) is 0 Å². The van der Waals surface area contributed by atoms with E-state index in [1.165, 1.54) is 0 Å². The number of hydrogen-bond acceptors (Lipinski definition) is 5. The number of pyridine rings is 1. The van der Waals surface area contributed by atoms with Crippen LogP contribution in [-0.4, -0.2) is 50.4 Å². The van der Waals surface area contributed by atoms with Crippen LogP contribution in [0.4, 0.5) is 19.4 Å². The van der Waals surface area contributed by atoms with Gasteiger partial charge in [-0.2, -0.15) is 0 Å². The Balaban J connectivity index is 1.21. The van der Waals surface area contributed by atoms with Crippen molar-refractivity contribution in [2.24, 2.45) is 5.92 Å². The summed E-state index contributed by atoms with van der Waals surface area (Å²) in [5.74, 6) is 0.783. The molecule has 1 saturated carbocycles. The molecule has 1 saturated heterocycles. The first-order valence-corrected chi connectivity index (χ1v) is 11.0. The van der Waals surface area contributed by atoms with Crippen molar-refractivity contribution < 1.29 is 13.6 Å². The summed E-state index contributed by atoms with van der Waals surface area (Å²) in [7, 11) is 0. The number of alkyl halides is 2. The number of nitrogens with one attached hydrogen (secondary N) is 2. The Morgan fingerprint density at radius 3 is 2.85 bits per heavy atom. The Bertz CT molecular complexity index is 1270. The van der Waals surface area contributed by atoms with Crippen LogP contribution in [0.3, 0.4) is 0 Å². The maximum atomic E-state index is 13.2. The van der Waals surface area contributed by atoms with Gasteiger partial charge in [-0.05, 0) is 30.4 Å². The fourth-order valence-corrected chi connectivity index (χ4v) is 5.34. The lowest BCUT2D eigenvalue weighted by Crippen LogP contribution is -2.52. The topological polar surface area (TPSA) is 83.0 Å². The monoisotopic (exact) mass is 448 g/mol. The summed E-state index contributed by atoms with van der Waals surface area (Å²) in [5.41, 5.74) is 2.33. The van der Waals surface area contributed by atoms with Crippen molar-refractivity contribution in [1.82, 2.24) is 25.2 Å². The number of nitrogens with zero attached hydrogens (tertiary/aromatic N) is 4. The zero-order chi connectivity index (χ0) is 22.6. The second-order valence-corrected chi connectivity index (χ2v) is 8.96. The van der Waals surface area contributed by atoms with Crippen LogP contribution in [0.1, 0.15) is 19.3 Å². The quantitative estimate of drug-likeness (QED) is 0.611. The zero-order valence-corrected chi connectivity index (χ0v) is 17.7. The molecule has 2 aromatic heterocycles. The number of aromatic nitrogens is 3. The Labute approximate surface area is 188 Å². The maximum Gasteiger partial charge on any atom is 0.327 e. The molecule has 7 nitrogen and oxygen atoms in total. The molecule has 4 heterocycles. The van der Waals surface area contributed by atoms with E-state index >= 15 is 0 Å². The lowest BCUT2D eigenvalue weighted by molar-refractivity contribution is 0.127. The van der Waals surface area contributed by atoms with Gasteiger partial charge in [-0.3, -0.25) is 20.2 Å². The first kappa shape index (κ1) is 20.2. The molecule has 1 aliphatic carbocycles. The summed E-state index contributed by atoms with van der Waals surface area (Å²) in [6, 6.07) is 7.54. The van der Waals surface area contributed by atoms with Crippen LogP contribution in [0.25, 0.3) is 22.0 Å². The highest BCUT2D eigenvalue weighted by atomic mass is 19.3. The highest BCUT2D eigenvalue weighted by Gasteiger charge is 2.66. The smallest absolute Gasteiger partial charge is 0.308 e. The number of halogens is 2. The summed E-state index contributed by atoms with van der Waals surface area (Å²) >= 11 is 0. The summed E-state index contributed by atoms with van der Waals surface area (Å²) < 4.78 is 25.2. The number of piperidine rings is 1. The molecule has 0 radical (unpaired) electrons. The Morgan fingerprint density at radius 1 is 1.15 bits per heavy atom. The van der Waals surface area contributed by atoms with Crippen molar-refractivity contribution in [1.29, 1.82) is 0 Å². The predicted molar refractivity (Wildman–Crippen MR) is 120 cm³/mol. The molecule has 3 aliphatic rings. The lowest BCUT2D eigenvalue weighted by atomic mass is 9.95. The van der Waals surface area contributed by atoms with Gasteiger partial charge in [0.2, 0.25) is 0 Å². The van der Waals surface area contributed by atoms with Crippen LogP contribution in [0.5, 0.6) is 0 Å². The van der Waals surface area contributed by atoms with E-state index in [1.54, 1.807) is 24.8 Å². The van der Waals surface area contributed by atoms with Crippen LogP contribution < -0.4 is 10.6 Å². The van der Waals surface area contributed by atoms with Gasteiger partial charge in [0.15, 0.2) is 0 Å². The number of urea groups is 1. The molecule has 1 spiro atoms. The molecule has 168 valence electrons. The number of hydrogen-bond donors (Lipinski definition) is 2. The standard InChI is InChI=1S/C24H22F2N6O/c25-21(26)13-29-18-8-19-7-17-9-24(17,10-18)32(19)23(33)31-22-6-16-5-14(1-2-15(16)11-30-22)20-12-27-3-4-28-20/h1-7,11-12,17-18,21,29H,8-10,13H2,(H,30,31,33)/t17-,18+,24-/m0/s1. The highest BCUT2D eigenvalue weighted by Crippen LogP contribution is 2.62. The number of carbonyl (C=O) groups is 1. The molecule has 2 bridgehead atoms. The SMILES string of the molecule is O=C(Nc1cc2cc(-c3cnccn3)ccc2cn1)N1C2=C[C@H]3C[C@]31C[C@H](NCC(F)F)C2. The van der Waals surface area contributed by atoms with Crippen LogP contribution in [0.15, 0.2) is 60.8 Å². The molecule has 0 unspecified atom stereocenters. The molecule has 3 aromatic rings. The van der Waals surface area contributed by atoms with Gasteiger partial charge in [0, 0.05) is 53.6 Å². The van der Waals surface area contributed by atoms with E-state index in [0.717, 1.165) is 34.1 Å². The zero-order valence-electron chi connectivity index (χ0n) is 17.7. The molecular weight excluding hydrogens is 426 g/mol. The highest BCUT2D eigenvalue weighted by molar-refractivity contribution is 5.94. The molecule has 2 amide bonds. The third-order valence-electron chi connectivity index (χ3n) is 6.86. The third kappa shape index (κ3) is 3.52. The van der Waals surface area contributed by atoms with E-state index in [2.05, 4.69) is 31.7 Å². The van der Waals surface area contributed by atoms with E-state index in [0.29, 0.717) is 24.6 Å². The molecule has 33 heavy (non-hydrogen) atoms. The van der Waals surface area contributed by atoms with Gasteiger partial charge in [0.1, 0.15) is 5.82 Å². The molecule has 9 heteroatoms. The van der Waals surface area contributed by atoms with Crippen molar-refractivity contribution in [3.05, 3.63) is 60.8 Å². The van der Waals surface area contributed by atoms with Crippen LogP contribution in [0, 0.1) is 5.92 Å². The largest absolute Gasteiger partial charge is 0.327 e. The van der Waals surface area contributed by atoms with Crippen LogP contribution in [-0.2, 0) is 0 Å². The van der Waals surface area contributed by atoms with E-state index in [1.807, 2.05) is 29.2 Å². The number of benzene rings is 1. The molecule has 3 atom stereocenters. The van der Waals surface area contributed by atoms with Gasteiger partial charge < -0.3 is 5.32 Å². The summed E-state index contributed by atoms with van der Waals surface area (Å²) in [6.07, 6.45) is 8.61. The Morgan fingerprint density at radius 2 is 2.06 bits per heavy atom. The number of rotatable bonds is 5. The van der Waals surface area contributed by atoms with Crippen molar-refractivity contribution in [2.45, 2.75) is 37.3 Å². The van der Waals surface area contributed by atoms with Gasteiger partial charge in [0.05, 0.1) is 24.0 Å². The van der Waals surface area contributed by atoms with Crippen molar-refractivity contribution in [3.63, 3.8) is 0 Å². The average Bonchev–Trinajstić information content (AvgIpc) is 3.42. The van der Waals surface area contributed by atoms with Crippen molar-refractivity contribution >= 4 is 22.6 Å². The van der Waals surface area contributed by atoms with Gasteiger partial charge >= 0.3 is 6.03 Å². The fraction of sp³-hybridized carbons (Fsp3) is 0.333. The Hall–Kier alpha value is -3.46. The summed E-state index contributed by atoms with van der Waals surface area (Å²) in [6.45, 7) is -0.317. The molecular formula is C24H22F2N6O. The second-order valence-electron chi connectivity index (χ2n) is 8.96. The number of anilines is 1. The number of amides is 2. The average molecular weight is 448 g/mol. The minimum atomic E-state index is -2.38. The summed E-state index contributed by atoms with van der Waals surface area (Å²) in [4.78, 5) is 27.9.